The third kappa shape index (κ3) is 5.34. The second-order valence-electron chi connectivity index (χ2n) is 8.71. The van der Waals surface area contributed by atoms with Crippen LogP contribution in [0.2, 0.25) is 0 Å². The van der Waals surface area contributed by atoms with Gasteiger partial charge in [-0.05, 0) is 33.4 Å². The zero-order valence-electron chi connectivity index (χ0n) is 20.5. The average molecular weight is 501 g/mol. The largest absolute Gasteiger partial charge is 0.384 e. The molecule has 0 aromatic heterocycles. The van der Waals surface area contributed by atoms with Crippen LogP contribution in [0.25, 0.3) is 11.1 Å². The highest BCUT2D eigenvalue weighted by Gasteiger charge is 2.17. The van der Waals surface area contributed by atoms with Gasteiger partial charge in [0, 0.05) is 22.3 Å². The van der Waals surface area contributed by atoms with Gasteiger partial charge in [0.1, 0.15) is 23.3 Å². The summed E-state index contributed by atoms with van der Waals surface area (Å²) < 4.78 is 0. The van der Waals surface area contributed by atoms with Crippen molar-refractivity contribution in [2.24, 2.45) is 22.9 Å². The average Bonchev–Trinajstić information content (AvgIpc) is 2.92. The van der Waals surface area contributed by atoms with Crippen molar-refractivity contribution in [2.75, 3.05) is 0 Å². The molecule has 8 heteroatoms. The second kappa shape index (κ2) is 10.6. The van der Waals surface area contributed by atoms with E-state index in [0.717, 1.165) is 33.4 Å². The summed E-state index contributed by atoms with van der Waals surface area (Å²) >= 11 is 0. The summed E-state index contributed by atoms with van der Waals surface area (Å²) in [6.07, 6.45) is 0. The Morgan fingerprint density at radius 3 is 0.553 bits per heavy atom. The van der Waals surface area contributed by atoms with Crippen molar-refractivity contribution in [2.45, 2.75) is 0 Å². The third-order valence-electron chi connectivity index (χ3n) is 6.19. The lowest BCUT2D eigenvalue weighted by Gasteiger charge is -2.19. The summed E-state index contributed by atoms with van der Waals surface area (Å²) in [7, 11) is 0. The topological polar surface area (TPSA) is 199 Å². The van der Waals surface area contributed by atoms with Gasteiger partial charge in [0.05, 0.1) is 0 Å². The monoisotopic (exact) mass is 500 g/mol. The fourth-order valence-electron chi connectivity index (χ4n) is 4.18. The molecule has 4 aromatic rings. The molecule has 0 bridgehead atoms. The number of hydrogen-bond acceptors (Lipinski definition) is 4. The van der Waals surface area contributed by atoms with E-state index in [1.807, 2.05) is 48.5 Å². The van der Waals surface area contributed by atoms with Crippen molar-refractivity contribution in [3.8, 4) is 0 Å². The van der Waals surface area contributed by atoms with Gasteiger partial charge >= 0.3 is 0 Å². The maximum absolute atomic E-state index is 7.78. The van der Waals surface area contributed by atoms with E-state index in [9.17, 15) is 0 Å². The van der Waals surface area contributed by atoms with Crippen molar-refractivity contribution < 1.29 is 0 Å². The number of hydrogen-bond donors (Lipinski definition) is 8. The zero-order chi connectivity index (χ0) is 27.4. The standard InChI is InChI=1S/C30H28N8/c31-27(32)21-9-1-17(2-10-21)25(18-3-11-22(12-4-18)28(33)34)26(19-5-13-23(14-6-19)29(35)36)20-7-15-24(16-8-20)30(37)38/h1-16H,(H3,31,32)(H3,33,34)(H3,35,36)(H3,37,38). The SMILES string of the molecule is N=C(N)c1ccc(C(=C(c2ccc(C(=N)N)cc2)c2ccc(C(=N)N)cc2)c2ccc(C(=N)N)cc2)cc1. The number of nitrogen functional groups attached to an aromatic ring is 4. The van der Waals surface area contributed by atoms with Crippen LogP contribution in [0.15, 0.2) is 97.1 Å². The Morgan fingerprint density at radius 1 is 0.289 bits per heavy atom. The number of amidine groups is 4. The molecule has 0 amide bonds. The van der Waals surface area contributed by atoms with Gasteiger partial charge in [0.2, 0.25) is 0 Å². The minimum atomic E-state index is -0.0206. The maximum Gasteiger partial charge on any atom is 0.122 e. The van der Waals surface area contributed by atoms with Crippen LogP contribution in [-0.4, -0.2) is 23.3 Å². The van der Waals surface area contributed by atoms with Crippen molar-refractivity contribution in [3.63, 3.8) is 0 Å². The maximum atomic E-state index is 7.78. The first kappa shape index (κ1) is 25.6. The summed E-state index contributed by atoms with van der Waals surface area (Å²) in [5.74, 6) is -0.0824. The molecule has 0 spiro atoms. The molecule has 188 valence electrons. The molecule has 0 atom stereocenters. The van der Waals surface area contributed by atoms with E-state index < -0.39 is 0 Å². The van der Waals surface area contributed by atoms with Crippen molar-refractivity contribution in [1.29, 1.82) is 21.6 Å². The van der Waals surface area contributed by atoms with Crippen LogP contribution in [0.5, 0.6) is 0 Å². The van der Waals surface area contributed by atoms with Crippen LogP contribution in [0, 0.1) is 21.6 Å². The first-order valence-corrected chi connectivity index (χ1v) is 11.7. The summed E-state index contributed by atoms with van der Waals surface area (Å²) in [4.78, 5) is 0. The molecule has 0 radical (unpaired) electrons. The Hall–Kier alpha value is -5.50. The van der Waals surface area contributed by atoms with Crippen LogP contribution in [0.1, 0.15) is 44.5 Å². The second-order valence-corrected chi connectivity index (χ2v) is 8.71. The van der Waals surface area contributed by atoms with Crippen LogP contribution in [-0.2, 0) is 0 Å². The van der Waals surface area contributed by atoms with E-state index >= 15 is 0 Å². The number of rotatable bonds is 8. The lowest BCUT2D eigenvalue weighted by molar-refractivity contribution is 1.40. The molecule has 4 rings (SSSR count). The molecule has 8 nitrogen and oxygen atoms in total. The minimum Gasteiger partial charge on any atom is -0.384 e. The smallest absolute Gasteiger partial charge is 0.122 e. The van der Waals surface area contributed by atoms with Gasteiger partial charge in [-0.3, -0.25) is 21.6 Å². The highest BCUT2D eigenvalue weighted by molar-refractivity contribution is 6.06. The van der Waals surface area contributed by atoms with E-state index in [2.05, 4.69) is 0 Å². The quantitative estimate of drug-likeness (QED) is 0.103. The molecule has 0 aliphatic heterocycles. The minimum absolute atomic E-state index is 0.0206. The molecule has 0 unspecified atom stereocenters. The highest BCUT2D eigenvalue weighted by atomic mass is 14.7. The molecule has 0 aliphatic carbocycles. The molecule has 0 aliphatic rings. The summed E-state index contributed by atoms with van der Waals surface area (Å²) in [6.45, 7) is 0. The number of benzene rings is 4. The van der Waals surface area contributed by atoms with E-state index in [1.165, 1.54) is 0 Å². The lowest BCUT2D eigenvalue weighted by Crippen LogP contribution is -2.12. The van der Waals surface area contributed by atoms with Crippen LogP contribution in [0.4, 0.5) is 0 Å². The van der Waals surface area contributed by atoms with E-state index in [-0.39, 0.29) is 23.3 Å². The first-order chi connectivity index (χ1) is 18.2. The Balaban J connectivity index is 2.06. The van der Waals surface area contributed by atoms with E-state index in [0.29, 0.717) is 22.3 Å². The van der Waals surface area contributed by atoms with Gasteiger partial charge in [0.15, 0.2) is 0 Å². The molecule has 4 aromatic carbocycles. The fourth-order valence-corrected chi connectivity index (χ4v) is 4.18. The highest BCUT2D eigenvalue weighted by Crippen LogP contribution is 2.37. The van der Waals surface area contributed by atoms with Crippen molar-refractivity contribution in [3.05, 3.63) is 142 Å². The van der Waals surface area contributed by atoms with E-state index in [1.54, 1.807) is 48.5 Å². The summed E-state index contributed by atoms with van der Waals surface area (Å²) in [6, 6.07) is 29.7. The fraction of sp³-hybridized carbons (Fsp3) is 0. The Kier molecular flexibility index (Phi) is 7.16. The Labute approximate surface area is 220 Å². The third-order valence-corrected chi connectivity index (χ3v) is 6.19. The molecule has 0 saturated heterocycles. The van der Waals surface area contributed by atoms with E-state index in [4.69, 9.17) is 44.6 Å². The summed E-state index contributed by atoms with van der Waals surface area (Å²) in [5.41, 5.74) is 30.5. The van der Waals surface area contributed by atoms with Gasteiger partial charge in [-0.1, -0.05) is 97.1 Å². The van der Waals surface area contributed by atoms with Gasteiger partial charge in [-0.2, -0.15) is 0 Å². The van der Waals surface area contributed by atoms with Gasteiger partial charge in [-0.15, -0.1) is 0 Å². The summed E-state index contributed by atoms with van der Waals surface area (Å²) in [5, 5.41) is 31.1. The molecule has 12 N–H and O–H groups in total. The van der Waals surface area contributed by atoms with Crippen LogP contribution in [0.3, 0.4) is 0 Å². The van der Waals surface area contributed by atoms with Crippen LogP contribution >= 0.6 is 0 Å². The van der Waals surface area contributed by atoms with Crippen LogP contribution < -0.4 is 22.9 Å². The number of nitrogens with one attached hydrogen (secondary N) is 4. The Morgan fingerprint density at radius 2 is 0.421 bits per heavy atom. The molecule has 0 saturated carbocycles. The molecular formula is C30H28N8. The predicted molar refractivity (Wildman–Crippen MR) is 155 cm³/mol. The van der Waals surface area contributed by atoms with Crippen molar-refractivity contribution in [1.82, 2.24) is 0 Å². The molecule has 0 fully saturated rings. The van der Waals surface area contributed by atoms with Gasteiger partial charge < -0.3 is 22.9 Å². The molecular weight excluding hydrogens is 472 g/mol. The first-order valence-electron chi connectivity index (χ1n) is 11.7. The lowest BCUT2D eigenvalue weighted by atomic mass is 9.84. The normalized spacial score (nSPS) is 10.4. The van der Waals surface area contributed by atoms with Gasteiger partial charge in [0.25, 0.3) is 0 Å². The zero-order valence-corrected chi connectivity index (χ0v) is 20.5. The number of nitrogens with two attached hydrogens (primary N) is 4. The van der Waals surface area contributed by atoms with Gasteiger partial charge in [-0.25, -0.2) is 0 Å². The van der Waals surface area contributed by atoms with Crippen molar-refractivity contribution >= 4 is 34.5 Å². The molecule has 38 heavy (non-hydrogen) atoms. The Bertz CT molecular complexity index is 1320. The molecule has 0 heterocycles. The predicted octanol–water partition coefficient (Wildman–Crippen LogP) is 3.83.